The molecule has 4 N–H and O–H groups in total. The van der Waals surface area contributed by atoms with Gasteiger partial charge in [0.1, 0.15) is 24.4 Å². The van der Waals surface area contributed by atoms with Crippen molar-refractivity contribution in [2.75, 3.05) is 6.61 Å². The molecule has 0 radical (unpaired) electrons. The number of aliphatic hydroxyl groups is 4. The Morgan fingerprint density at radius 2 is 1.75 bits per heavy atom. The second kappa shape index (κ2) is 7.37. The van der Waals surface area contributed by atoms with Gasteiger partial charge in [-0.25, -0.2) is 4.68 Å². The molecule has 8 heteroatoms. The SMILES string of the molecule is OC[C@H]1O[C@@H](n2cc(CCc3ccccc3)nn2)[C@H](O)[C@@H](O)[C@H]1O. The molecule has 0 aliphatic carbocycles. The zero-order valence-corrected chi connectivity index (χ0v) is 13.0. The van der Waals surface area contributed by atoms with E-state index in [1.807, 2.05) is 30.3 Å². The Kier molecular flexibility index (Phi) is 5.22. The molecule has 8 nitrogen and oxygen atoms in total. The second-order valence-electron chi connectivity index (χ2n) is 5.89. The quantitative estimate of drug-likeness (QED) is 0.555. The molecule has 5 atom stereocenters. The Balaban J connectivity index is 1.68. The van der Waals surface area contributed by atoms with E-state index in [1.54, 1.807) is 6.20 Å². The highest BCUT2D eigenvalue weighted by Gasteiger charge is 2.44. The number of hydrogen-bond acceptors (Lipinski definition) is 7. The molecule has 0 amide bonds. The van der Waals surface area contributed by atoms with E-state index in [-0.39, 0.29) is 0 Å². The Bertz CT molecular complexity index is 648. The van der Waals surface area contributed by atoms with E-state index < -0.39 is 37.3 Å². The highest BCUT2D eigenvalue weighted by atomic mass is 16.6. The Labute approximate surface area is 138 Å². The van der Waals surface area contributed by atoms with Gasteiger partial charge in [0.2, 0.25) is 0 Å². The van der Waals surface area contributed by atoms with Gasteiger partial charge in [0.25, 0.3) is 0 Å². The van der Waals surface area contributed by atoms with Crippen LogP contribution in [-0.2, 0) is 17.6 Å². The summed E-state index contributed by atoms with van der Waals surface area (Å²) in [6.07, 6.45) is -3.07. The van der Waals surface area contributed by atoms with Gasteiger partial charge in [-0.2, -0.15) is 0 Å². The number of aryl methyl sites for hydroxylation is 2. The van der Waals surface area contributed by atoms with E-state index in [0.717, 1.165) is 12.1 Å². The number of hydrogen-bond donors (Lipinski definition) is 4. The molecule has 1 aliphatic heterocycles. The molecule has 24 heavy (non-hydrogen) atoms. The molecule has 2 heterocycles. The van der Waals surface area contributed by atoms with Crippen LogP contribution in [-0.4, -0.2) is 66.4 Å². The van der Waals surface area contributed by atoms with Crippen molar-refractivity contribution < 1.29 is 25.2 Å². The lowest BCUT2D eigenvalue weighted by molar-refractivity contribution is -0.254. The molecule has 1 aromatic carbocycles. The van der Waals surface area contributed by atoms with Crippen LogP contribution in [0.1, 0.15) is 17.5 Å². The minimum Gasteiger partial charge on any atom is -0.394 e. The summed E-state index contributed by atoms with van der Waals surface area (Å²) < 4.78 is 6.75. The van der Waals surface area contributed by atoms with Crippen LogP contribution in [0, 0.1) is 0 Å². The summed E-state index contributed by atoms with van der Waals surface area (Å²) in [7, 11) is 0. The molecule has 1 saturated heterocycles. The maximum Gasteiger partial charge on any atom is 0.180 e. The summed E-state index contributed by atoms with van der Waals surface area (Å²) in [5, 5.41) is 46.9. The lowest BCUT2D eigenvalue weighted by atomic mass is 9.98. The van der Waals surface area contributed by atoms with Gasteiger partial charge in [-0.05, 0) is 18.4 Å². The molecule has 0 bridgehead atoms. The van der Waals surface area contributed by atoms with Gasteiger partial charge >= 0.3 is 0 Å². The maximum atomic E-state index is 10.1. The predicted molar refractivity (Wildman–Crippen MR) is 82.9 cm³/mol. The molecule has 2 aromatic rings. The lowest BCUT2D eigenvalue weighted by Crippen LogP contribution is -2.56. The summed E-state index contributed by atoms with van der Waals surface area (Å²) in [4.78, 5) is 0. The van der Waals surface area contributed by atoms with Gasteiger partial charge in [0, 0.05) is 0 Å². The average Bonchev–Trinajstić information content (AvgIpc) is 3.08. The van der Waals surface area contributed by atoms with Gasteiger partial charge in [0.05, 0.1) is 18.5 Å². The van der Waals surface area contributed by atoms with Crippen LogP contribution in [0.2, 0.25) is 0 Å². The van der Waals surface area contributed by atoms with Crippen molar-refractivity contribution in [1.29, 1.82) is 0 Å². The lowest BCUT2D eigenvalue weighted by Gasteiger charge is -2.39. The van der Waals surface area contributed by atoms with Crippen molar-refractivity contribution in [3.8, 4) is 0 Å². The number of aromatic nitrogens is 3. The van der Waals surface area contributed by atoms with Crippen molar-refractivity contribution in [1.82, 2.24) is 15.0 Å². The molecule has 0 unspecified atom stereocenters. The van der Waals surface area contributed by atoms with Crippen molar-refractivity contribution in [2.24, 2.45) is 0 Å². The van der Waals surface area contributed by atoms with Gasteiger partial charge in [-0.1, -0.05) is 35.5 Å². The fraction of sp³-hybridized carbons (Fsp3) is 0.500. The van der Waals surface area contributed by atoms with Crippen LogP contribution in [0.15, 0.2) is 36.5 Å². The summed E-state index contributed by atoms with van der Waals surface area (Å²) in [6, 6.07) is 9.96. The number of benzene rings is 1. The highest BCUT2D eigenvalue weighted by molar-refractivity contribution is 5.16. The molecular weight excluding hydrogens is 314 g/mol. The standard InChI is InChI=1S/C16H21N3O5/c20-9-12-13(21)14(22)15(23)16(24-12)19-8-11(17-18-19)7-6-10-4-2-1-3-5-10/h1-5,8,12-16,20-23H,6-7,9H2/t12-,13+,14+,15-,16-/m1/s1. The number of ether oxygens (including phenoxy) is 1. The Morgan fingerprint density at radius 1 is 1.00 bits per heavy atom. The third kappa shape index (κ3) is 3.47. The van der Waals surface area contributed by atoms with Crippen LogP contribution in [0.4, 0.5) is 0 Å². The normalized spacial score (nSPS) is 30.4. The summed E-state index contributed by atoms with van der Waals surface area (Å²) in [5.41, 5.74) is 1.90. The van der Waals surface area contributed by atoms with Crippen LogP contribution in [0.5, 0.6) is 0 Å². The van der Waals surface area contributed by atoms with Crippen molar-refractivity contribution in [3.05, 3.63) is 47.8 Å². The number of rotatable bonds is 5. The van der Waals surface area contributed by atoms with E-state index >= 15 is 0 Å². The van der Waals surface area contributed by atoms with Gasteiger partial charge in [-0.15, -0.1) is 5.10 Å². The van der Waals surface area contributed by atoms with E-state index in [1.165, 1.54) is 10.2 Å². The molecule has 3 rings (SSSR count). The average molecular weight is 335 g/mol. The monoisotopic (exact) mass is 335 g/mol. The topological polar surface area (TPSA) is 121 Å². The van der Waals surface area contributed by atoms with Gasteiger partial charge < -0.3 is 25.2 Å². The molecular formula is C16H21N3O5. The van der Waals surface area contributed by atoms with E-state index in [0.29, 0.717) is 6.42 Å². The first kappa shape index (κ1) is 17.0. The van der Waals surface area contributed by atoms with Crippen molar-refractivity contribution in [2.45, 2.75) is 43.5 Å². The molecule has 1 fully saturated rings. The summed E-state index contributed by atoms with van der Waals surface area (Å²) >= 11 is 0. The molecule has 1 aromatic heterocycles. The van der Waals surface area contributed by atoms with Gasteiger partial charge in [0.15, 0.2) is 6.23 Å². The van der Waals surface area contributed by atoms with E-state index in [2.05, 4.69) is 10.3 Å². The van der Waals surface area contributed by atoms with Crippen LogP contribution >= 0.6 is 0 Å². The first-order valence-electron chi connectivity index (χ1n) is 7.85. The Hall–Kier alpha value is -1.84. The maximum absolute atomic E-state index is 10.1. The third-order valence-corrected chi connectivity index (χ3v) is 4.20. The minimum atomic E-state index is -1.43. The fourth-order valence-electron chi connectivity index (χ4n) is 2.77. The first-order chi connectivity index (χ1) is 11.6. The van der Waals surface area contributed by atoms with Crippen LogP contribution in [0.25, 0.3) is 0 Å². The van der Waals surface area contributed by atoms with E-state index in [9.17, 15) is 20.4 Å². The second-order valence-corrected chi connectivity index (χ2v) is 5.89. The predicted octanol–water partition coefficient (Wildman–Crippen LogP) is -0.964. The number of aliphatic hydroxyl groups excluding tert-OH is 4. The minimum absolute atomic E-state index is 0.475. The summed E-state index contributed by atoms with van der Waals surface area (Å²) in [5.74, 6) is 0. The van der Waals surface area contributed by atoms with Crippen molar-refractivity contribution in [3.63, 3.8) is 0 Å². The number of nitrogens with zero attached hydrogens (tertiary/aromatic N) is 3. The van der Waals surface area contributed by atoms with Crippen molar-refractivity contribution >= 4 is 0 Å². The molecule has 1 aliphatic rings. The highest BCUT2D eigenvalue weighted by Crippen LogP contribution is 2.27. The first-order valence-corrected chi connectivity index (χ1v) is 7.85. The van der Waals surface area contributed by atoms with Crippen LogP contribution < -0.4 is 0 Å². The third-order valence-electron chi connectivity index (χ3n) is 4.20. The fourth-order valence-corrected chi connectivity index (χ4v) is 2.77. The van der Waals surface area contributed by atoms with E-state index in [4.69, 9.17) is 4.74 Å². The smallest absolute Gasteiger partial charge is 0.180 e. The van der Waals surface area contributed by atoms with Crippen LogP contribution in [0.3, 0.4) is 0 Å². The summed E-state index contributed by atoms with van der Waals surface area (Å²) in [6.45, 7) is -0.475. The Morgan fingerprint density at radius 3 is 2.46 bits per heavy atom. The molecule has 0 spiro atoms. The zero-order valence-electron chi connectivity index (χ0n) is 13.0. The largest absolute Gasteiger partial charge is 0.394 e. The zero-order chi connectivity index (χ0) is 17.1. The van der Waals surface area contributed by atoms with Gasteiger partial charge in [-0.3, -0.25) is 0 Å². The molecule has 130 valence electrons. The molecule has 0 saturated carbocycles.